The Kier molecular flexibility index (Phi) is 29.6. The van der Waals surface area contributed by atoms with Crippen molar-refractivity contribution in [2.75, 3.05) is 39.3 Å². The lowest BCUT2D eigenvalue weighted by Crippen LogP contribution is -2.26. The Morgan fingerprint density at radius 3 is 0.561 bits per heavy atom. The number of hydrogen-bond acceptors (Lipinski definition) is 8. The number of allylic oxidation sites excluding steroid dienone is 4. The van der Waals surface area contributed by atoms with Crippen LogP contribution in [0.2, 0.25) is 0 Å². The first kappa shape index (κ1) is 97.8. The molecule has 3 aliphatic rings. The van der Waals surface area contributed by atoms with Gasteiger partial charge in [-0.3, -0.25) is 0 Å². The molecule has 0 spiro atoms. The quantitative estimate of drug-likeness (QED) is 0.0159. The van der Waals surface area contributed by atoms with E-state index in [2.05, 4.69) is 61.8 Å². The number of H-pyrrole nitrogens is 4. The van der Waals surface area contributed by atoms with E-state index in [-0.39, 0.29) is 75.5 Å². The molecule has 4 aromatic heterocycles. The van der Waals surface area contributed by atoms with Crippen LogP contribution in [-0.2, 0) is 38.5 Å². The summed E-state index contributed by atoms with van der Waals surface area (Å²) in [5.41, 5.74) is -32.8. The van der Waals surface area contributed by atoms with E-state index in [1.807, 2.05) is 0 Å². The first-order valence-corrected chi connectivity index (χ1v) is 42.3. The van der Waals surface area contributed by atoms with Gasteiger partial charge in [0.1, 0.15) is 0 Å². The second-order valence-electron chi connectivity index (χ2n) is 33.6. The van der Waals surface area contributed by atoms with Crippen molar-refractivity contribution in [2.24, 2.45) is 9.98 Å². The third kappa shape index (κ3) is 18.8. The summed E-state index contributed by atoms with van der Waals surface area (Å²) in [5, 5.41) is 13.3. The zero-order chi connectivity index (χ0) is 96.1. The number of aromatic amines is 4. The molecule has 0 unspecified atom stereocenters. The van der Waals surface area contributed by atoms with E-state index in [0.29, 0.717) is 24.3 Å². The molecule has 0 saturated carbocycles. The molecule has 12 nitrogen and oxygen atoms in total. The molecule has 0 fully saturated rings. The molecule has 6 aromatic carbocycles. The van der Waals surface area contributed by atoms with Crippen LogP contribution < -0.4 is 53.3 Å². The third-order valence-electron chi connectivity index (χ3n) is 22.4. The summed E-state index contributed by atoms with van der Waals surface area (Å²) in [6.07, 6.45) is -1.82. The van der Waals surface area contributed by atoms with Crippen LogP contribution in [0.25, 0.3) is 33.4 Å². The fourth-order valence-corrected chi connectivity index (χ4v) is 16.1. The molecular weight excluding hydrogens is 1780 g/mol. The highest BCUT2D eigenvalue weighted by molar-refractivity contribution is 6.31. The van der Waals surface area contributed by atoms with Crippen molar-refractivity contribution < 1.29 is 105 Å². The Labute approximate surface area is 740 Å². The maximum Gasteiger partial charge on any atom is 0.170 e. The summed E-state index contributed by atoms with van der Waals surface area (Å²) < 4.78 is 420. The van der Waals surface area contributed by atoms with Gasteiger partial charge >= 0.3 is 0 Å². The SMILES string of the molecule is CC(C)NCCc1c(F)c(F)c(C2=C3C=CC(=N3)C(c3c(F)c(F)c(CCNC(C)C)c(F)c3F)=c3ccc([nH]3)=C(c3c(F)c(F)c(CCNC(C)C)c(F)c3F)c3ccc([nH]3)C(c3c(F)c(F)c(CCNC(C)C)c(F)c3F)=C3C=CC(=N3)C(c3c(F)c(F)c(CCNC(C)C)c(F)c3F)=c3ccc([nH]3)=C(c3c(F)c(F)c(CCNC(C)C)c(F)c3F)c3ccc2[nH]3)c(F)c1F. The number of fused-ring (bicyclic) bond motifs is 10. The van der Waals surface area contributed by atoms with Crippen molar-refractivity contribution in [3.05, 3.63) is 335 Å². The molecule has 0 radical (unpaired) electrons. The number of nitrogens with one attached hydrogen (secondary N) is 10. The van der Waals surface area contributed by atoms with Crippen LogP contribution in [-0.4, -0.2) is 107 Å². The maximum atomic E-state index is 17.9. The van der Waals surface area contributed by atoms with E-state index in [4.69, 9.17) is 0 Å². The zero-order valence-corrected chi connectivity index (χ0v) is 72.8. The Morgan fingerprint density at radius 1 is 0.205 bits per heavy atom. The highest BCUT2D eigenvalue weighted by Gasteiger charge is 2.40. The molecule has 12 bridgehead atoms. The molecular formula is C96H88F24N12. The van der Waals surface area contributed by atoms with Crippen LogP contribution in [0.15, 0.2) is 94.2 Å². The van der Waals surface area contributed by atoms with Crippen LogP contribution >= 0.6 is 0 Å². The lowest BCUT2D eigenvalue weighted by molar-refractivity contribution is 0.432. The molecule has 10 aromatic rings. The lowest BCUT2D eigenvalue weighted by atomic mass is 9.95. The van der Waals surface area contributed by atoms with Gasteiger partial charge in [-0.15, -0.1) is 0 Å². The molecule has 36 heteroatoms. The molecule has 0 amide bonds. The van der Waals surface area contributed by atoms with E-state index in [1.165, 1.54) is 0 Å². The van der Waals surface area contributed by atoms with Crippen molar-refractivity contribution in [1.29, 1.82) is 0 Å². The predicted molar refractivity (Wildman–Crippen MR) is 454 cm³/mol. The smallest absolute Gasteiger partial charge is 0.170 e. The first-order valence-electron chi connectivity index (χ1n) is 42.3. The van der Waals surface area contributed by atoms with Gasteiger partial charge in [0.25, 0.3) is 0 Å². The average molecular weight is 1870 g/mol. The minimum Gasteiger partial charge on any atom is -0.354 e. The second-order valence-corrected chi connectivity index (χ2v) is 33.6. The predicted octanol–water partition coefficient (Wildman–Crippen LogP) is 17.7. The van der Waals surface area contributed by atoms with Crippen molar-refractivity contribution in [2.45, 2.75) is 158 Å². The number of nitrogens with zero attached hydrogens (tertiary/aromatic N) is 2. The molecule has 700 valence electrons. The summed E-state index contributed by atoms with van der Waals surface area (Å²) in [6, 6.07) is 3.62. The van der Waals surface area contributed by atoms with E-state index < -0.39 is 345 Å². The standard InChI is InChI=1S/C96H88F24N12/c1-37(2)121-31-25-43-73(97)85(109)67(86(110)74(43)98)61-49-13-15-51(127-49)62(68-87(111)75(99)44(76(100)88(68)112)26-32-122-38(3)4)53-17-19-55(129-53)64(70-91(115)79(103)46(80(104)92(70)116)28-34-124-40(7)8)57-21-23-59(131-57)66(72-95(119)83(107)48(84(108)96(72)120)30-36-126-42(11)12)60-24-22-58(132-60)65(71-93(117)81(105)47(82(106)94(71)118)29-35-125-41(9)10)56-20-18-54(130-56)63(52-16-14-50(61)128-52)69-89(113)77(101)45(78(102)90(69)114)27-33-123-39(5)6/h13-24,37-42,121-128,131-132H,25-36H2,1-12H3. The van der Waals surface area contributed by atoms with Gasteiger partial charge in [-0.05, 0) is 151 Å². The van der Waals surface area contributed by atoms with E-state index in [1.54, 1.807) is 83.1 Å². The molecule has 7 heterocycles. The summed E-state index contributed by atoms with van der Waals surface area (Å²) in [6.45, 7) is 17.4. The molecule has 3 aliphatic heterocycles. The molecule has 13 rings (SSSR count). The number of hydrogen-bond donors (Lipinski definition) is 10. The Balaban J connectivity index is 1.27. The normalized spacial score (nSPS) is 13.9. The summed E-state index contributed by atoms with van der Waals surface area (Å²) >= 11 is 0. The zero-order valence-electron chi connectivity index (χ0n) is 72.8. The van der Waals surface area contributed by atoms with Crippen molar-refractivity contribution in [3.63, 3.8) is 0 Å². The van der Waals surface area contributed by atoms with Gasteiger partial charge in [0, 0.05) is 147 Å². The van der Waals surface area contributed by atoms with Crippen LogP contribution in [0.1, 0.15) is 173 Å². The number of aromatic nitrogens is 4. The van der Waals surface area contributed by atoms with Crippen LogP contribution in [0.4, 0.5) is 105 Å². The van der Waals surface area contributed by atoms with Crippen molar-refractivity contribution in [1.82, 2.24) is 51.8 Å². The van der Waals surface area contributed by atoms with Gasteiger partial charge in [-0.1, -0.05) is 83.1 Å². The fraction of sp³-hybridized carbons (Fsp3) is 0.312. The summed E-state index contributed by atoms with van der Waals surface area (Å²) in [7, 11) is 0. The largest absolute Gasteiger partial charge is 0.354 e. The molecule has 0 atom stereocenters. The molecule has 0 saturated heterocycles. The van der Waals surface area contributed by atoms with E-state index in [0.717, 1.165) is 48.5 Å². The van der Waals surface area contributed by atoms with E-state index >= 15 is 105 Å². The van der Waals surface area contributed by atoms with E-state index in [9.17, 15) is 0 Å². The van der Waals surface area contributed by atoms with Gasteiger partial charge in [0.15, 0.2) is 140 Å². The maximum absolute atomic E-state index is 17.9. The Bertz CT molecular complexity index is 6180. The number of benzene rings is 6. The minimum absolute atomic E-state index is 0.336. The Morgan fingerprint density at radius 2 is 0.371 bits per heavy atom. The first-order chi connectivity index (χ1) is 62.5. The second kappa shape index (κ2) is 40.0. The monoisotopic (exact) mass is 1860 g/mol. The van der Waals surface area contributed by atoms with Gasteiger partial charge in [-0.25, -0.2) is 115 Å². The third-order valence-corrected chi connectivity index (χ3v) is 22.4. The lowest BCUT2D eigenvalue weighted by Gasteiger charge is -2.17. The number of halogens is 24. The Hall–Kier alpha value is -11.7. The van der Waals surface area contributed by atoms with Gasteiger partial charge in [0.05, 0.1) is 56.2 Å². The highest BCUT2D eigenvalue weighted by atomic mass is 19.2. The number of rotatable bonds is 30. The van der Waals surface area contributed by atoms with Gasteiger partial charge in [0.2, 0.25) is 0 Å². The summed E-state index contributed by atoms with van der Waals surface area (Å²) in [4.78, 5) is 19.1. The molecule has 10 N–H and O–H groups in total. The van der Waals surface area contributed by atoms with Crippen LogP contribution in [0.3, 0.4) is 0 Å². The van der Waals surface area contributed by atoms with Gasteiger partial charge < -0.3 is 51.8 Å². The molecule has 132 heavy (non-hydrogen) atoms. The van der Waals surface area contributed by atoms with Gasteiger partial charge in [-0.2, -0.15) is 0 Å². The topological polar surface area (TPSA) is 160 Å². The number of aliphatic imine (C=N–C) groups is 2. The van der Waals surface area contributed by atoms with Crippen LogP contribution in [0.5, 0.6) is 0 Å². The van der Waals surface area contributed by atoms with Crippen LogP contribution in [0, 0.1) is 140 Å². The van der Waals surface area contributed by atoms with Crippen molar-refractivity contribution in [3.8, 4) is 0 Å². The van der Waals surface area contributed by atoms with Crippen molar-refractivity contribution >= 4 is 44.9 Å². The fourth-order valence-electron chi connectivity index (χ4n) is 16.1. The highest BCUT2D eigenvalue weighted by Crippen LogP contribution is 2.44. The molecule has 0 aliphatic carbocycles. The average Bonchev–Trinajstić information content (AvgIpc) is 1.57. The minimum atomic E-state index is -2.26. The summed E-state index contributed by atoms with van der Waals surface area (Å²) in [5.74, 6) is -52.1.